The average molecular weight is 301 g/mol. The molecule has 0 bridgehead atoms. The van der Waals surface area contributed by atoms with Gasteiger partial charge in [-0.15, -0.1) is 0 Å². The zero-order chi connectivity index (χ0) is 15.0. The number of allylic oxidation sites excluding steroid dienone is 4. The first kappa shape index (κ1) is 15.5. The van der Waals surface area contributed by atoms with E-state index in [4.69, 9.17) is 0 Å². The molecule has 0 radical (unpaired) electrons. The van der Waals surface area contributed by atoms with E-state index in [1.54, 1.807) is 16.0 Å². The number of benzene rings is 1. The third kappa shape index (κ3) is 3.83. The van der Waals surface area contributed by atoms with E-state index >= 15 is 0 Å². The van der Waals surface area contributed by atoms with Gasteiger partial charge in [-0.2, -0.15) is 0 Å². The van der Waals surface area contributed by atoms with Gasteiger partial charge in [-0.25, -0.2) is 0 Å². The molecule has 0 nitrogen and oxygen atoms in total. The first-order chi connectivity index (χ1) is 9.16. The van der Waals surface area contributed by atoms with Gasteiger partial charge >= 0.3 is 0 Å². The van der Waals surface area contributed by atoms with Gasteiger partial charge in [0.05, 0.1) is 16.1 Å². The van der Waals surface area contributed by atoms with E-state index in [0.29, 0.717) is 0 Å². The van der Waals surface area contributed by atoms with Crippen LogP contribution in [0.25, 0.3) is 0 Å². The molecule has 2 heteroatoms. The lowest BCUT2D eigenvalue weighted by molar-refractivity contribution is 1.09. The molecular weight excluding hydrogens is 272 g/mol. The molecule has 1 aliphatic rings. The lowest BCUT2D eigenvalue weighted by Gasteiger charge is -2.18. The minimum atomic E-state index is -1.19. The molecule has 0 amide bonds. The highest BCUT2D eigenvalue weighted by atomic mass is 28.3. The Morgan fingerprint density at radius 2 is 1.65 bits per heavy atom. The van der Waals surface area contributed by atoms with Crippen molar-refractivity contribution in [2.24, 2.45) is 0 Å². The Kier molecular flexibility index (Phi) is 4.26. The third-order valence-electron chi connectivity index (χ3n) is 4.03. The molecule has 2 rings (SSSR count). The molecule has 0 spiro atoms. The molecule has 0 saturated carbocycles. The Hall–Kier alpha value is -0.866. The van der Waals surface area contributed by atoms with Crippen LogP contribution in [-0.4, -0.2) is 16.1 Å². The van der Waals surface area contributed by atoms with E-state index < -0.39 is 16.1 Å². The van der Waals surface area contributed by atoms with Crippen molar-refractivity contribution in [2.75, 3.05) is 0 Å². The van der Waals surface area contributed by atoms with Crippen molar-refractivity contribution in [1.82, 2.24) is 0 Å². The van der Waals surface area contributed by atoms with E-state index in [9.17, 15) is 0 Å². The second-order valence-corrected chi connectivity index (χ2v) is 18.2. The van der Waals surface area contributed by atoms with E-state index in [1.165, 1.54) is 5.56 Å². The molecule has 0 aliphatic heterocycles. The summed E-state index contributed by atoms with van der Waals surface area (Å²) in [5.41, 5.74) is 3.08. The van der Waals surface area contributed by atoms with Gasteiger partial charge in [0.15, 0.2) is 0 Å². The van der Waals surface area contributed by atoms with E-state index in [2.05, 4.69) is 75.7 Å². The highest BCUT2D eigenvalue weighted by Gasteiger charge is 2.21. The zero-order valence-electron chi connectivity index (χ0n) is 13.9. The fourth-order valence-electron chi connectivity index (χ4n) is 2.63. The normalized spacial score (nSPS) is 16.1. The van der Waals surface area contributed by atoms with Gasteiger partial charge in [-0.3, -0.25) is 0 Å². The minimum absolute atomic E-state index is 1.13. The molecule has 108 valence electrons. The van der Waals surface area contributed by atoms with Crippen LogP contribution in [-0.2, 0) is 6.42 Å². The Labute approximate surface area is 126 Å². The predicted molar refractivity (Wildman–Crippen MR) is 97.3 cm³/mol. The van der Waals surface area contributed by atoms with Crippen LogP contribution in [0.4, 0.5) is 0 Å². The quantitative estimate of drug-likeness (QED) is 0.693. The zero-order valence-corrected chi connectivity index (χ0v) is 15.9. The van der Waals surface area contributed by atoms with E-state index in [0.717, 1.165) is 12.8 Å². The first-order valence-corrected chi connectivity index (χ1v) is 14.7. The van der Waals surface area contributed by atoms with Gasteiger partial charge < -0.3 is 0 Å². The Bertz CT molecular complexity index is 552. The molecule has 0 unspecified atom stereocenters. The maximum atomic E-state index is 2.48. The Morgan fingerprint density at radius 3 is 2.20 bits per heavy atom. The summed E-state index contributed by atoms with van der Waals surface area (Å²) in [6.07, 6.45) is 7.23. The molecular formula is C18H28Si2. The molecule has 0 N–H and O–H groups in total. The van der Waals surface area contributed by atoms with Crippen LogP contribution in [0.15, 0.2) is 47.2 Å². The second kappa shape index (κ2) is 5.49. The van der Waals surface area contributed by atoms with Crippen molar-refractivity contribution in [2.45, 2.75) is 52.1 Å². The van der Waals surface area contributed by atoms with Crippen molar-refractivity contribution in [3.05, 3.63) is 52.8 Å². The molecule has 0 atom stereocenters. The predicted octanol–water partition coefficient (Wildman–Crippen LogP) is 4.91. The summed E-state index contributed by atoms with van der Waals surface area (Å²) >= 11 is 0. The molecule has 0 fully saturated rings. The monoisotopic (exact) mass is 300 g/mol. The molecule has 0 aromatic heterocycles. The molecule has 0 heterocycles. The lowest BCUT2D eigenvalue weighted by Crippen LogP contribution is -2.37. The second-order valence-electron chi connectivity index (χ2n) is 8.04. The highest BCUT2D eigenvalue weighted by Crippen LogP contribution is 2.27. The summed E-state index contributed by atoms with van der Waals surface area (Å²) in [6.45, 7) is 14.6. The fraction of sp³-hybridized carbons (Fsp3) is 0.444. The van der Waals surface area contributed by atoms with E-state index in [-0.39, 0.29) is 0 Å². The Morgan fingerprint density at radius 1 is 0.950 bits per heavy atom. The summed E-state index contributed by atoms with van der Waals surface area (Å²) in [5, 5.41) is 3.21. The van der Waals surface area contributed by atoms with Crippen LogP contribution >= 0.6 is 0 Å². The van der Waals surface area contributed by atoms with Crippen LogP contribution in [0, 0.1) is 0 Å². The molecule has 1 aromatic rings. The van der Waals surface area contributed by atoms with Crippen LogP contribution < -0.4 is 5.19 Å². The summed E-state index contributed by atoms with van der Waals surface area (Å²) in [5.74, 6) is 0. The standard InChI is InChI=1S/C18H28Si2/c1-19(2,3)17-9-7-8-15(13-17)12-16-10-11-18(14-16)20(4,5)6/h7-9,11,13-14H,10,12H2,1-6H3. The minimum Gasteiger partial charge on any atom is -0.0812 e. The van der Waals surface area contributed by atoms with Crippen molar-refractivity contribution < 1.29 is 0 Å². The van der Waals surface area contributed by atoms with Crippen LogP contribution in [0.2, 0.25) is 39.3 Å². The fourth-order valence-corrected chi connectivity index (χ4v) is 5.20. The molecule has 0 saturated heterocycles. The van der Waals surface area contributed by atoms with Gasteiger partial charge in [-0.05, 0) is 18.4 Å². The lowest BCUT2D eigenvalue weighted by atomic mass is 10.0. The molecule has 1 aromatic carbocycles. The third-order valence-corrected chi connectivity index (χ3v) is 8.16. The maximum absolute atomic E-state index is 2.48. The SMILES string of the molecule is C[Si](C)(C)C1=CCC(Cc2cccc([Si](C)(C)C)c2)=C1. The van der Waals surface area contributed by atoms with Crippen LogP contribution in [0.3, 0.4) is 0 Å². The summed E-state index contributed by atoms with van der Waals surface area (Å²) in [4.78, 5) is 0. The van der Waals surface area contributed by atoms with Crippen molar-refractivity contribution >= 4 is 21.3 Å². The van der Waals surface area contributed by atoms with Crippen molar-refractivity contribution in [1.29, 1.82) is 0 Å². The van der Waals surface area contributed by atoms with E-state index in [1.807, 2.05) is 0 Å². The molecule has 1 aliphatic carbocycles. The van der Waals surface area contributed by atoms with Crippen LogP contribution in [0.5, 0.6) is 0 Å². The average Bonchev–Trinajstić information content (AvgIpc) is 2.76. The largest absolute Gasteiger partial charge is 0.0812 e. The Balaban J connectivity index is 2.13. The number of hydrogen-bond acceptors (Lipinski definition) is 0. The maximum Gasteiger partial charge on any atom is 0.0776 e. The van der Waals surface area contributed by atoms with Gasteiger partial charge in [0.1, 0.15) is 0 Å². The molecule has 20 heavy (non-hydrogen) atoms. The van der Waals surface area contributed by atoms with Gasteiger partial charge in [0, 0.05) is 0 Å². The number of rotatable bonds is 4. The summed E-state index contributed by atoms with van der Waals surface area (Å²) in [6, 6.07) is 9.28. The highest BCUT2D eigenvalue weighted by molar-refractivity contribution is 6.88. The summed E-state index contributed by atoms with van der Waals surface area (Å²) < 4.78 is 0. The smallest absolute Gasteiger partial charge is 0.0776 e. The van der Waals surface area contributed by atoms with Crippen molar-refractivity contribution in [3.8, 4) is 0 Å². The number of hydrogen-bond donors (Lipinski definition) is 0. The van der Waals surface area contributed by atoms with Crippen LogP contribution in [0.1, 0.15) is 12.0 Å². The van der Waals surface area contributed by atoms with Gasteiger partial charge in [0.25, 0.3) is 0 Å². The topological polar surface area (TPSA) is 0 Å². The van der Waals surface area contributed by atoms with Crippen molar-refractivity contribution in [3.63, 3.8) is 0 Å². The van der Waals surface area contributed by atoms with Gasteiger partial charge in [-0.1, -0.05) is 91.7 Å². The van der Waals surface area contributed by atoms with Gasteiger partial charge in [0.2, 0.25) is 0 Å². The first-order valence-electron chi connectivity index (χ1n) is 7.66. The summed E-state index contributed by atoms with van der Waals surface area (Å²) in [7, 11) is -2.32.